The number of nitrogens with two attached hydrogens (primary N) is 1. The van der Waals surface area contributed by atoms with Gasteiger partial charge in [0, 0.05) is 23.2 Å². The van der Waals surface area contributed by atoms with Crippen molar-refractivity contribution in [3.63, 3.8) is 0 Å². The molecule has 1 heterocycles. The normalized spacial score (nSPS) is 19.8. The molecule has 1 unspecified atom stereocenters. The molecule has 1 fully saturated rings. The van der Waals surface area contributed by atoms with Crippen molar-refractivity contribution in [2.24, 2.45) is 17.6 Å². The maximum Gasteiger partial charge on any atom is 0.0400 e. The Morgan fingerprint density at radius 2 is 2.22 bits per heavy atom. The average molecular weight is 311 g/mol. The van der Waals surface area contributed by atoms with Crippen LogP contribution in [0.25, 0.3) is 0 Å². The minimum Gasteiger partial charge on any atom is -0.371 e. The highest BCUT2D eigenvalue weighted by Crippen LogP contribution is 2.32. The third-order valence-electron chi connectivity index (χ3n) is 3.96. The van der Waals surface area contributed by atoms with Crippen molar-refractivity contribution in [1.29, 1.82) is 0 Å². The third-order valence-corrected chi connectivity index (χ3v) is 4.46. The van der Waals surface area contributed by atoms with Crippen LogP contribution < -0.4 is 10.6 Å². The summed E-state index contributed by atoms with van der Waals surface area (Å²) < 4.78 is 1.15. The van der Waals surface area contributed by atoms with Crippen LogP contribution in [0.15, 0.2) is 22.7 Å². The fraction of sp³-hybridized carbons (Fsp3) is 0.600. The Hall–Kier alpha value is -0.540. The van der Waals surface area contributed by atoms with Crippen molar-refractivity contribution in [1.82, 2.24) is 0 Å². The molecule has 1 aliphatic rings. The summed E-state index contributed by atoms with van der Waals surface area (Å²) in [7, 11) is 0. The van der Waals surface area contributed by atoms with Gasteiger partial charge in [-0.25, -0.2) is 0 Å². The van der Waals surface area contributed by atoms with Crippen molar-refractivity contribution >= 4 is 21.6 Å². The molecule has 2 rings (SSSR count). The highest BCUT2D eigenvalue weighted by Gasteiger charge is 2.26. The van der Waals surface area contributed by atoms with E-state index in [-0.39, 0.29) is 0 Å². The van der Waals surface area contributed by atoms with Gasteiger partial charge in [0.1, 0.15) is 0 Å². The molecule has 2 N–H and O–H groups in total. The largest absolute Gasteiger partial charge is 0.371 e. The molecule has 18 heavy (non-hydrogen) atoms. The van der Waals surface area contributed by atoms with Crippen LogP contribution in [0.3, 0.4) is 0 Å². The first-order valence-corrected chi connectivity index (χ1v) is 7.64. The number of benzene rings is 1. The molecule has 3 heteroatoms. The Bertz CT molecular complexity index is 403. The van der Waals surface area contributed by atoms with Gasteiger partial charge in [-0.3, -0.25) is 0 Å². The molecule has 0 spiro atoms. The van der Waals surface area contributed by atoms with Crippen LogP contribution in [-0.4, -0.2) is 19.6 Å². The summed E-state index contributed by atoms with van der Waals surface area (Å²) in [4.78, 5) is 2.53. The predicted octanol–water partition coefficient (Wildman–Crippen LogP) is 3.43. The molecule has 1 aromatic rings. The van der Waals surface area contributed by atoms with Crippen LogP contribution in [0.2, 0.25) is 0 Å². The fourth-order valence-corrected chi connectivity index (χ4v) is 3.18. The SMILES string of the molecule is CC(C)C1CCN(c2ccc(Br)cc2CCN)C1. The molecule has 1 atom stereocenters. The molecule has 0 aliphatic carbocycles. The maximum absolute atomic E-state index is 5.72. The second kappa shape index (κ2) is 6.07. The predicted molar refractivity (Wildman–Crippen MR) is 82.1 cm³/mol. The van der Waals surface area contributed by atoms with Crippen LogP contribution in [-0.2, 0) is 6.42 Å². The fourth-order valence-electron chi connectivity index (χ4n) is 2.77. The van der Waals surface area contributed by atoms with Gasteiger partial charge in [0.05, 0.1) is 0 Å². The minimum absolute atomic E-state index is 0.713. The van der Waals surface area contributed by atoms with Crippen molar-refractivity contribution in [3.8, 4) is 0 Å². The molecule has 2 nitrogen and oxygen atoms in total. The van der Waals surface area contributed by atoms with Gasteiger partial charge < -0.3 is 10.6 Å². The van der Waals surface area contributed by atoms with Gasteiger partial charge >= 0.3 is 0 Å². The Morgan fingerprint density at radius 3 is 2.83 bits per heavy atom. The smallest absolute Gasteiger partial charge is 0.0400 e. The highest BCUT2D eigenvalue weighted by molar-refractivity contribution is 9.10. The Morgan fingerprint density at radius 1 is 1.44 bits per heavy atom. The van der Waals surface area contributed by atoms with Gasteiger partial charge in [0.15, 0.2) is 0 Å². The van der Waals surface area contributed by atoms with Crippen molar-refractivity contribution in [3.05, 3.63) is 28.2 Å². The van der Waals surface area contributed by atoms with E-state index >= 15 is 0 Å². The van der Waals surface area contributed by atoms with Gasteiger partial charge in [0.2, 0.25) is 0 Å². The number of nitrogens with zero attached hydrogens (tertiary/aromatic N) is 1. The summed E-state index contributed by atoms with van der Waals surface area (Å²) in [6, 6.07) is 6.58. The number of hydrogen-bond donors (Lipinski definition) is 1. The van der Waals surface area contributed by atoms with Crippen LogP contribution >= 0.6 is 15.9 Å². The van der Waals surface area contributed by atoms with Gasteiger partial charge in [0.25, 0.3) is 0 Å². The Kier molecular flexibility index (Phi) is 4.68. The van der Waals surface area contributed by atoms with E-state index in [4.69, 9.17) is 5.73 Å². The second-order valence-corrected chi connectivity index (χ2v) is 6.47. The van der Waals surface area contributed by atoms with E-state index < -0.39 is 0 Å². The third kappa shape index (κ3) is 3.07. The second-order valence-electron chi connectivity index (χ2n) is 5.55. The zero-order valence-electron chi connectivity index (χ0n) is 11.3. The van der Waals surface area contributed by atoms with E-state index in [0.717, 1.165) is 22.7 Å². The summed E-state index contributed by atoms with van der Waals surface area (Å²) in [6.45, 7) is 7.75. The molecular formula is C15H23BrN2. The van der Waals surface area contributed by atoms with Gasteiger partial charge in [-0.05, 0) is 55.0 Å². The average Bonchev–Trinajstić information content (AvgIpc) is 2.79. The molecule has 100 valence electrons. The number of rotatable bonds is 4. The standard InChI is InChI=1S/C15H23BrN2/c1-11(2)13-6-8-18(10-13)15-4-3-14(16)9-12(15)5-7-17/h3-4,9,11,13H,5-8,10,17H2,1-2H3. The highest BCUT2D eigenvalue weighted by atomic mass is 79.9. The molecule has 0 aromatic heterocycles. The Balaban J connectivity index is 2.18. The summed E-state index contributed by atoms with van der Waals surface area (Å²) in [5, 5.41) is 0. The van der Waals surface area contributed by atoms with Gasteiger partial charge in [-0.15, -0.1) is 0 Å². The van der Waals surface area contributed by atoms with Crippen molar-refractivity contribution < 1.29 is 0 Å². The minimum atomic E-state index is 0.713. The molecule has 0 amide bonds. The molecule has 1 aliphatic heterocycles. The first-order chi connectivity index (χ1) is 8.61. The van der Waals surface area contributed by atoms with E-state index in [0.29, 0.717) is 6.54 Å². The van der Waals surface area contributed by atoms with Crippen LogP contribution in [0, 0.1) is 11.8 Å². The maximum atomic E-state index is 5.72. The van der Waals surface area contributed by atoms with E-state index in [9.17, 15) is 0 Å². The lowest BCUT2D eigenvalue weighted by Gasteiger charge is -2.23. The number of anilines is 1. The zero-order chi connectivity index (χ0) is 13.1. The monoisotopic (exact) mass is 310 g/mol. The van der Waals surface area contributed by atoms with Crippen LogP contribution in [0.1, 0.15) is 25.8 Å². The van der Waals surface area contributed by atoms with Crippen LogP contribution in [0.5, 0.6) is 0 Å². The molecule has 0 saturated carbocycles. The first kappa shape index (κ1) is 13.9. The topological polar surface area (TPSA) is 29.3 Å². The summed E-state index contributed by atoms with van der Waals surface area (Å²) >= 11 is 3.55. The van der Waals surface area contributed by atoms with Crippen molar-refractivity contribution in [2.45, 2.75) is 26.7 Å². The molecule has 1 saturated heterocycles. The van der Waals surface area contributed by atoms with E-state index in [1.165, 1.54) is 30.8 Å². The van der Waals surface area contributed by atoms with E-state index in [1.807, 2.05) is 0 Å². The summed E-state index contributed by atoms with van der Waals surface area (Å²) in [5.74, 6) is 1.61. The molecular weight excluding hydrogens is 288 g/mol. The zero-order valence-corrected chi connectivity index (χ0v) is 12.9. The van der Waals surface area contributed by atoms with Crippen LogP contribution in [0.4, 0.5) is 5.69 Å². The molecule has 0 bridgehead atoms. The summed E-state index contributed by atoms with van der Waals surface area (Å²) in [6.07, 6.45) is 2.27. The van der Waals surface area contributed by atoms with E-state index in [1.54, 1.807) is 0 Å². The van der Waals surface area contributed by atoms with E-state index in [2.05, 4.69) is 52.9 Å². The summed E-state index contributed by atoms with van der Waals surface area (Å²) in [5.41, 5.74) is 8.47. The quantitative estimate of drug-likeness (QED) is 0.923. The Labute approximate surface area is 119 Å². The van der Waals surface area contributed by atoms with Crippen molar-refractivity contribution in [2.75, 3.05) is 24.5 Å². The molecule has 1 aromatic carbocycles. The lowest BCUT2D eigenvalue weighted by Crippen LogP contribution is -2.23. The lowest BCUT2D eigenvalue weighted by atomic mass is 9.95. The molecule has 0 radical (unpaired) electrons. The lowest BCUT2D eigenvalue weighted by molar-refractivity contribution is 0.422. The first-order valence-electron chi connectivity index (χ1n) is 6.85. The number of hydrogen-bond acceptors (Lipinski definition) is 2. The van der Waals surface area contributed by atoms with Gasteiger partial charge in [-0.2, -0.15) is 0 Å². The number of halogens is 1. The van der Waals surface area contributed by atoms with Gasteiger partial charge in [-0.1, -0.05) is 29.8 Å².